The maximum absolute atomic E-state index is 12.3. The van der Waals surface area contributed by atoms with Crippen molar-refractivity contribution in [3.8, 4) is 0 Å². The topological polar surface area (TPSA) is 64.0 Å². The first kappa shape index (κ1) is 16.1. The van der Waals surface area contributed by atoms with Crippen molar-refractivity contribution in [2.75, 3.05) is 11.1 Å². The van der Waals surface area contributed by atoms with E-state index < -0.39 is 0 Å². The van der Waals surface area contributed by atoms with Gasteiger partial charge in [0, 0.05) is 34.6 Å². The second-order valence-electron chi connectivity index (χ2n) is 5.58. The van der Waals surface area contributed by atoms with E-state index in [9.17, 15) is 9.59 Å². The summed E-state index contributed by atoms with van der Waals surface area (Å²) in [6.45, 7) is 3.64. The number of thioether (sulfide) groups is 1. The molecule has 1 amide bonds. The van der Waals surface area contributed by atoms with Crippen LogP contribution in [0.1, 0.15) is 23.6 Å². The summed E-state index contributed by atoms with van der Waals surface area (Å²) in [5.41, 5.74) is 2.13. The number of carbonyl (C=O) groups is 1. The maximum atomic E-state index is 12.3. The zero-order chi connectivity index (χ0) is 16.6. The Morgan fingerprint density at radius 3 is 2.96 bits per heavy atom. The molecule has 3 rings (SSSR count). The molecule has 1 aliphatic rings. The average molecular weight is 350 g/mol. The van der Waals surface area contributed by atoms with Gasteiger partial charge in [0.25, 0.3) is 5.56 Å². The van der Waals surface area contributed by atoms with Crippen LogP contribution in [0.4, 0.5) is 5.69 Å². The molecule has 2 aromatic rings. The number of aromatic nitrogens is 2. The molecular formula is C16H16ClN3O2S. The lowest BCUT2D eigenvalue weighted by atomic mass is 10.2. The van der Waals surface area contributed by atoms with E-state index in [-0.39, 0.29) is 23.9 Å². The number of nitrogens with one attached hydrogen (secondary N) is 1. The SMILES string of the molecule is Cc1ccc(NC(=O)CC2CSc3ncc(C)c(=O)n32)cc1Cl. The van der Waals surface area contributed by atoms with E-state index in [0.29, 0.717) is 27.2 Å². The molecule has 2 heterocycles. The third-order valence-corrected chi connectivity index (χ3v) is 5.30. The number of fused-ring (bicyclic) bond motifs is 1. The second-order valence-corrected chi connectivity index (χ2v) is 6.97. The van der Waals surface area contributed by atoms with Gasteiger partial charge >= 0.3 is 0 Å². The zero-order valence-electron chi connectivity index (χ0n) is 12.8. The normalized spacial score (nSPS) is 16.2. The van der Waals surface area contributed by atoms with Crippen molar-refractivity contribution >= 4 is 35.0 Å². The molecule has 0 aliphatic carbocycles. The molecular weight excluding hydrogens is 334 g/mol. The molecule has 1 N–H and O–H groups in total. The van der Waals surface area contributed by atoms with Crippen LogP contribution in [0.5, 0.6) is 0 Å². The smallest absolute Gasteiger partial charge is 0.257 e. The van der Waals surface area contributed by atoms with Crippen molar-refractivity contribution in [3.63, 3.8) is 0 Å². The number of hydrogen-bond donors (Lipinski definition) is 1. The highest BCUT2D eigenvalue weighted by Gasteiger charge is 2.27. The summed E-state index contributed by atoms with van der Waals surface area (Å²) >= 11 is 7.57. The number of anilines is 1. The summed E-state index contributed by atoms with van der Waals surface area (Å²) in [7, 11) is 0. The molecule has 5 nitrogen and oxygen atoms in total. The summed E-state index contributed by atoms with van der Waals surface area (Å²) in [4.78, 5) is 28.8. The highest BCUT2D eigenvalue weighted by molar-refractivity contribution is 7.99. The van der Waals surface area contributed by atoms with E-state index in [4.69, 9.17) is 11.6 Å². The predicted octanol–water partition coefficient (Wildman–Crippen LogP) is 3.19. The standard InChI is InChI=1S/C16H16ClN3O2S/c1-9-3-4-11(5-13(9)17)19-14(21)6-12-8-23-16-18-7-10(2)15(22)20(12)16/h3-5,7,12H,6,8H2,1-2H3,(H,19,21). The van der Waals surface area contributed by atoms with Crippen molar-refractivity contribution in [2.24, 2.45) is 0 Å². The molecule has 0 saturated heterocycles. The van der Waals surface area contributed by atoms with Gasteiger partial charge < -0.3 is 5.32 Å². The number of nitrogens with zero attached hydrogens (tertiary/aromatic N) is 2. The van der Waals surface area contributed by atoms with Crippen LogP contribution in [-0.4, -0.2) is 21.2 Å². The monoisotopic (exact) mass is 349 g/mol. The van der Waals surface area contributed by atoms with E-state index >= 15 is 0 Å². The Kier molecular flexibility index (Phi) is 4.46. The lowest BCUT2D eigenvalue weighted by molar-refractivity contribution is -0.116. The molecule has 1 unspecified atom stereocenters. The van der Waals surface area contributed by atoms with Crippen LogP contribution < -0.4 is 10.9 Å². The molecule has 1 aromatic heterocycles. The summed E-state index contributed by atoms with van der Waals surface area (Å²) in [6, 6.07) is 5.23. The van der Waals surface area contributed by atoms with Gasteiger partial charge in [-0.05, 0) is 31.5 Å². The second kappa shape index (κ2) is 6.37. The van der Waals surface area contributed by atoms with Crippen molar-refractivity contribution in [3.05, 3.63) is 50.9 Å². The Labute approximate surface area is 143 Å². The third-order valence-electron chi connectivity index (χ3n) is 3.78. The quantitative estimate of drug-likeness (QED) is 0.864. The number of rotatable bonds is 3. The van der Waals surface area contributed by atoms with E-state index in [2.05, 4.69) is 10.3 Å². The third kappa shape index (κ3) is 3.28. The first-order chi connectivity index (χ1) is 11.0. The molecule has 0 saturated carbocycles. The van der Waals surface area contributed by atoms with Crippen LogP contribution in [0.25, 0.3) is 0 Å². The first-order valence-corrected chi connectivity index (χ1v) is 8.59. The van der Waals surface area contributed by atoms with E-state index in [1.54, 1.807) is 23.8 Å². The number of hydrogen-bond acceptors (Lipinski definition) is 4. The fraction of sp³-hybridized carbons (Fsp3) is 0.312. The molecule has 0 radical (unpaired) electrons. The fourth-order valence-corrected chi connectivity index (χ4v) is 3.75. The number of amides is 1. The lowest BCUT2D eigenvalue weighted by Crippen LogP contribution is -2.28. The number of halogens is 1. The Morgan fingerprint density at radius 2 is 2.22 bits per heavy atom. The molecule has 1 aliphatic heterocycles. The fourth-order valence-electron chi connectivity index (χ4n) is 2.47. The highest BCUT2D eigenvalue weighted by Crippen LogP contribution is 2.32. The minimum atomic E-state index is -0.171. The van der Waals surface area contributed by atoms with Gasteiger partial charge in [0.15, 0.2) is 5.16 Å². The van der Waals surface area contributed by atoms with E-state index in [1.165, 1.54) is 11.8 Å². The molecule has 1 aromatic carbocycles. The molecule has 23 heavy (non-hydrogen) atoms. The van der Waals surface area contributed by atoms with Gasteiger partial charge in [-0.1, -0.05) is 29.4 Å². The van der Waals surface area contributed by atoms with Crippen LogP contribution in [-0.2, 0) is 4.79 Å². The summed E-state index contributed by atoms with van der Waals surface area (Å²) < 4.78 is 1.63. The van der Waals surface area contributed by atoms with E-state index in [0.717, 1.165) is 5.56 Å². The predicted molar refractivity (Wildman–Crippen MR) is 92.4 cm³/mol. The maximum Gasteiger partial charge on any atom is 0.257 e. The Bertz CT molecular complexity index is 835. The van der Waals surface area contributed by atoms with Gasteiger partial charge in [-0.25, -0.2) is 4.98 Å². The van der Waals surface area contributed by atoms with Crippen molar-refractivity contribution < 1.29 is 4.79 Å². The first-order valence-electron chi connectivity index (χ1n) is 7.22. The van der Waals surface area contributed by atoms with E-state index in [1.807, 2.05) is 19.1 Å². The van der Waals surface area contributed by atoms with Crippen LogP contribution in [0.3, 0.4) is 0 Å². The molecule has 0 spiro atoms. The molecule has 7 heteroatoms. The number of carbonyl (C=O) groups excluding carboxylic acids is 1. The van der Waals surface area contributed by atoms with Gasteiger partial charge in [0.2, 0.25) is 5.91 Å². The van der Waals surface area contributed by atoms with Crippen molar-refractivity contribution in [2.45, 2.75) is 31.5 Å². The summed E-state index contributed by atoms with van der Waals surface area (Å²) in [5.74, 6) is 0.532. The highest BCUT2D eigenvalue weighted by atomic mass is 35.5. The Balaban J connectivity index is 1.74. The number of benzene rings is 1. The molecule has 0 bridgehead atoms. The van der Waals surface area contributed by atoms with Crippen LogP contribution in [0.2, 0.25) is 5.02 Å². The zero-order valence-corrected chi connectivity index (χ0v) is 14.4. The van der Waals surface area contributed by atoms with Crippen LogP contribution in [0.15, 0.2) is 34.3 Å². The Morgan fingerprint density at radius 1 is 1.43 bits per heavy atom. The summed E-state index contributed by atoms with van der Waals surface area (Å²) in [6.07, 6.45) is 1.81. The van der Waals surface area contributed by atoms with Gasteiger partial charge in [-0.15, -0.1) is 0 Å². The minimum absolute atomic E-state index is 0.0730. The lowest BCUT2D eigenvalue weighted by Gasteiger charge is -2.14. The largest absolute Gasteiger partial charge is 0.326 e. The summed E-state index contributed by atoms with van der Waals surface area (Å²) in [5, 5.41) is 4.12. The van der Waals surface area contributed by atoms with Crippen molar-refractivity contribution in [1.82, 2.24) is 9.55 Å². The van der Waals surface area contributed by atoms with Crippen LogP contribution >= 0.6 is 23.4 Å². The van der Waals surface area contributed by atoms with Gasteiger partial charge in [0.05, 0.1) is 6.04 Å². The van der Waals surface area contributed by atoms with Gasteiger partial charge in [-0.3, -0.25) is 14.2 Å². The molecule has 0 fully saturated rings. The molecule has 1 atom stereocenters. The molecule has 120 valence electrons. The number of aryl methyl sites for hydroxylation is 2. The average Bonchev–Trinajstić information content (AvgIpc) is 2.90. The van der Waals surface area contributed by atoms with Gasteiger partial charge in [-0.2, -0.15) is 0 Å². The van der Waals surface area contributed by atoms with Gasteiger partial charge in [0.1, 0.15) is 0 Å². The minimum Gasteiger partial charge on any atom is -0.326 e. The Hall–Kier alpha value is -1.79. The van der Waals surface area contributed by atoms with Crippen LogP contribution in [0, 0.1) is 13.8 Å². The van der Waals surface area contributed by atoms with Crippen molar-refractivity contribution in [1.29, 1.82) is 0 Å².